The average Bonchev–Trinajstić information content (AvgIpc) is 3.15. The summed E-state index contributed by atoms with van der Waals surface area (Å²) in [6.07, 6.45) is 7.21. The summed E-state index contributed by atoms with van der Waals surface area (Å²) in [5.74, 6) is 1.77. The van der Waals surface area contributed by atoms with Crippen LogP contribution in [0.2, 0.25) is 0 Å². The van der Waals surface area contributed by atoms with Gasteiger partial charge < -0.3 is 14.6 Å². The van der Waals surface area contributed by atoms with Gasteiger partial charge in [0.2, 0.25) is 0 Å². The maximum Gasteiger partial charge on any atom is 0.259 e. The molecule has 0 bridgehead atoms. The highest BCUT2D eigenvalue weighted by atomic mass is 16.5. The first-order chi connectivity index (χ1) is 12.1. The van der Waals surface area contributed by atoms with Crippen LogP contribution in [-0.2, 0) is 11.3 Å². The first-order valence-corrected chi connectivity index (χ1v) is 8.79. The van der Waals surface area contributed by atoms with E-state index in [1.165, 1.54) is 12.8 Å². The van der Waals surface area contributed by atoms with Gasteiger partial charge >= 0.3 is 0 Å². The maximum absolute atomic E-state index is 11.8. The van der Waals surface area contributed by atoms with E-state index in [2.05, 4.69) is 20.9 Å². The SMILES string of the molecule is CN(C)C(=O)COc1ccccc1CN1CCCCC1c1ncc[nH]1. The van der Waals surface area contributed by atoms with Gasteiger partial charge in [0, 0.05) is 38.6 Å². The summed E-state index contributed by atoms with van der Waals surface area (Å²) in [7, 11) is 3.47. The number of carbonyl (C=O) groups excluding carboxylic acids is 1. The fourth-order valence-electron chi connectivity index (χ4n) is 3.21. The molecule has 2 aromatic rings. The Morgan fingerprint density at radius 2 is 2.20 bits per heavy atom. The Hall–Kier alpha value is -2.34. The molecular formula is C19H26N4O2. The second kappa shape index (κ2) is 8.16. The Morgan fingerprint density at radius 3 is 2.96 bits per heavy atom. The second-order valence-electron chi connectivity index (χ2n) is 6.64. The van der Waals surface area contributed by atoms with E-state index in [0.717, 1.165) is 36.6 Å². The molecule has 1 aliphatic rings. The van der Waals surface area contributed by atoms with Gasteiger partial charge in [0.25, 0.3) is 5.91 Å². The minimum absolute atomic E-state index is 0.0405. The van der Waals surface area contributed by atoms with Gasteiger partial charge in [-0.1, -0.05) is 24.6 Å². The van der Waals surface area contributed by atoms with Crippen LogP contribution in [0.4, 0.5) is 0 Å². The number of H-pyrrole nitrogens is 1. The van der Waals surface area contributed by atoms with Crippen molar-refractivity contribution >= 4 is 5.91 Å². The Kier molecular flexibility index (Phi) is 5.71. The molecule has 134 valence electrons. The molecule has 2 heterocycles. The van der Waals surface area contributed by atoms with E-state index in [9.17, 15) is 4.79 Å². The van der Waals surface area contributed by atoms with Gasteiger partial charge in [0.15, 0.2) is 6.61 Å². The van der Waals surface area contributed by atoms with Crippen LogP contribution in [0.25, 0.3) is 0 Å². The van der Waals surface area contributed by atoms with Crippen molar-refractivity contribution in [3.8, 4) is 5.75 Å². The molecule has 1 amide bonds. The molecule has 1 N–H and O–H groups in total. The number of ether oxygens (including phenoxy) is 1. The number of likely N-dealkylation sites (tertiary alicyclic amines) is 1. The summed E-state index contributed by atoms with van der Waals surface area (Å²) in [5, 5.41) is 0. The number of imidazole rings is 1. The first kappa shape index (κ1) is 17.5. The van der Waals surface area contributed by atoms with Crippen molar-refractivity contribution in [3.63, 3.8) is 0 Å². The number of piperidine rings is 1. The zero-order valence-corrected chi connectivity index (χ0v) is 14.9. The zero-order chi connectivity index (χ0) is 17.6. The number of hydrogen-bond acceptors (Lipinski definition) is 4. The third-order valence-electron chi connectivity index (χ3n) is 4.64. The predicted molar refractivity (Wildman–Crippen MR) is 96.2 cm³/mol. The molecule has 1 saturated heterocycles. The van der Waals surface area contributed by atoms with Gasteiger partial charge in [-0.3, -0.25) is 9.69 Å². The average molecular weight is 342 g/mol. The number of para-hydroxylation sites is 1. The minimum atomic E-state index is -0.0405. The molecule has 25 heavy (non-hydrogen) atoms. The second-order valence-corrected chi connectivity index (χ2v) is 6.64. The smallest absolute Gasteiger partial charge is 0.259 e. The number of carbonyl (C=O) groups is 1. The molecular weight excluding hydrogens is 316 g/mol. The monoisotopic (exact) mass is 342 g/mol. The van der Waals surface area contributed by atoms with E-state index < -0.39 is 0 Å². The number of nitrogens with one attached hydrogen (secondary N) is 1. The van der Waals surface area contributed by atoms with Crippen molar-refractivity contribution in [3.05, 3.63) is 48.0 Å². The highest BCUT2D eigenvalue weighted by molar-refractivity contribution is 5.77. The number of hydrogen-bond donors (Lipinski definition) is 1. The van der Waals surface area contributed by atoms with Crippen LogP contribution in [-0.4, -0.2) is 52.9 Å². The molecule has 0 radical (unpaired) electrons. The molecule has 1 atom stereocenters. The van der Waals surface area contributed by atoms with E-state index in [4.69, 9.17) is 4.74 Å². The van der Waals surface area contributed by atoms with Crippen molar-refractivity contribution in [1.82, 2.24) is 19.8 Å². The van der Waals surface area contributed by atoms with Crippen molar-refractivity contribution < 1.29 is 9.53 Å². The normalized spacial score (nSPS) is 18.1. The molecule has 1 aromatic heterocycles. The van der Waals surface area contributed by atoms with Gasteiger partial charge in [0.1, 0.15) is 11.6 Å². The summed E-state index contributed by atoms with van der Waals surface area (Å²) in [5.41, 5.74) is 1.10. The highest BCUT2D eigenvalue weighted by Gasteiger charge is 2.26. The van der Waals surface area contributed by atoms with Crippen LogP contribution in [0.15, 0.2) is 36.7 Å². The summed E-state index contributed by atoms with van der Waals surface area (Å²) >= 11 is 0. The van der Waals surface area contributed by atoms with Crippen molar-refractivity contribution in [2.75, 3.05) is 27.2 Å². The minimum Gasteiger partial charge on any atom is -0.483 e. The Bertz CT molecular complexity index is 684. The zero-order valence-electron chi connectivity index (χ0n) is 14.9. The molecule has 1 aliphatic heterocycles. The van der Waals surface area contributed by atoms with E-state index in [1.54, 1.807) is 19.0 Å². The van der Waals surface area contributed by atoms with E-state index in [1.807, 2.05) is 30.6 Å². The van der Waals surface area contributed by atoms with E-state index in [0.29, 0.717) is 6.04 Å². The topological polar surface area (TPSA) is 61.5 Å². The summed E-state index contributed by atoms with van der Waals surface area (Å²) in [6, 6.07) is 8.27. The first-order valence-electron chi connectivity index (χ1n) is 8.79. The standard InChI is InChI=1S/C19H26N4O2/c1-22(2)18(24)14-25-17-9-4-3-7-15(17)13-23-12-6-5-8-16(23)19-20-10-11-21-19/h3-4,7,9-11,16H,5-6,8,12-14H2,1-2H3,(H,20,21). The summed E-state index contributed by atoms with van der Waals surface area (Å²) < 4.78 is 5.79. The molecule has 1 unspecified atom stereocenters. The van der Waals surface area contributed by atoms with Crippen LogP contribution in [0.1, 0.15) is 36.7 Å². The molecule has 0 spiro atoms. The molecule has 3 rings (SSSR count). The van der Waals surface area contributed by atoms with Crippen LogP contribution >= 0.6 is 0 Å². The van der Waals surface area contributed by atoms with Gasteiger partial charge in [-0.25, -0.2) is 4.98 Å². The Labute approximate surface area is 148 Å². The van der Waals surface area contributed by atoms with Crippen molar-refractivity contribution in [2.45, 2.75) is 31.8 Å². The number of aromatic nitrogens is 2. The number of benzene rings is 1. The molecule has 6 heteroatoms. The summed E-state index contributed by atoms with van der Waals surface area (Å²) in [6.45, 7) is 1.89. The van der Waals surface area contributed by atoms with E-state index >= 15 is 0 Å². The van der Waals surface area contributed by atoms with Crippen molar-refractivity contribution in [1.29, 1.82) is 0 Å². The Balaban J connectivity index is 1.72. The number of likely N-dealkylation sites (N-methyl/N-ethyl adjacent to an activating group) is 1. The van der Waals surface area contributed by atoms with Crippen LogP contribution in [0.3, 0.4) is 0 Å². The lowest BCUT2D eigenvalue weighted by atomic mass is 10.0. The lowest BCUT2D eigenvalue weighted by Gasteiger charge is -2.34. The fraction of sp³-hybridized carbons (Fsp3) is 0.474. The van der Waals surface area contributed by atoms with Gasteiger partial charge in [0.05, 0.1) is 6.04 Å². The molecule has 6 nitrogen and oxygen atoms in total. The lowest BCUT2D eigenvalue weighted by Crippen LogP contribution is -2.34. The summed E-state index contributed by atoms with van der Waals surface area (Å²) in [4.78, 5) is 23.5. The molecule has 0 saturated carbocycles. The van der Waals surface area contributed by atoms with Crippen LogP contribution in [0, 0.1) is 0 Å². The quantitative estimate of drug-likeness (QED) is 0.876. The third kappa shape index (κ3) is 4.39. The molecule has 1 aromatic carbocycles. The van der Waals surface area contributed by atoms with Gasteiger partial charge in [-0.15, -0.1) is 0 Å². The van der Waals surface area contributed by atoms with Crippen LogP contribution < -0.4 is 4.74 Å². The Morgan fingerprint density at radius 1 is 1.36 bits per heavy atom. The molecule has 1 fully saturated rings. The van der Waals surface area contributed by atoms with Crippen molar-refractivity contribution in [2.24, 2.45) is 0 Å². The highest BCUT2D eigenvalue weighted by Crippen LogP contribution is 2.31. The van der Waals surface area contributed by atoms with E-state index in [-0.39, 0.29) is 12.5 Å². The lowest BCUT2D eigenvalue weighted by molar-refractivity contribution is -0.130. The number of rotatable bonds is 6. The van der Waals surface area contributed by atoms with Gasteiger partial charge in [-0.05, 0) is 25.5 Å². The third-order valence-corrected chi connectivity index (χ3v) is 4.64. The maximum atomic E-state index is 11.8. The fourth-order valence-corrected chi connectivity index (χ4v) is 3.21. The number of amides is 1. The van der Waals surface area contributed by atoms with Crippen LogP contribution in [0.5, 0.6) is 5.75 Å². The van der Waals surface area contributed by atoms with Gasteiger partial charge in [-0.2, -0.15) is 0 Å². The number of aromatic amines is 1. The molecule has 0 aliphatic carbocycles. The predicted octanol–water partition coefficient (Wildman–Crippen LogP) is 2.60. The number of nitrogens with zero attached hydrogens (tertiary/aromatic N) is 3. The largest absolute Gasteiger partial charge is 0.483 e.